The summed E-state index contributed by atoms with van der Waals surface area (Å²) >= 11 is 0. The number of aliphatic imine (C=N–C) groups is 1. The van der Waals surface area contributed by atoms with Crippen molar-refractivity contribution in [2.75, 3.05) is 18.0 Å². The zero-order chi connectivity index (χ0) is 29.3. The van der Waals surface area contributed by atoms with Crippen LogP contribution >= 0.6 is 0 Å². The lowest BCUT2D eigenvalue weighted by Crippen LogP contribution is -2.57. The highest BCUT2D eigenvalue weighted by atomic mass is 19.4. The van der Waals surface area contributed by atoms with Crippen molar-refractivity contribution in [1.29, 1.82) is 0 Å². The summed E-state index contributed by atoms with van der Waals surface area (Å²) in [6, 6.07) is 18.9. The van der Waals surface area contributed by atoms with Gasteiger partial charge in [-0.1, -0.05) is 61.7 Å². The van der Waals surface area contributed by atoms with E-state index in [4.69, 9.17) is 4.99 Å². The topological polar surface area (TPSA) is 47.9 Å². The largest absolute Gasteiger partial charge is 0.417 e. The van der Waals surface area contributed by atoms with Crippen LogP contribution in [0.3, 0.4) is 0 Å². The molecule has 42 heavy (non-hydrogen) atoms. The van der Waals surface area contributed by atoms with Crippen molar-refractivity contribution < 1.29 is 22.4 Å². The van der Waals surface area contributed by atoms with Gasteiger partial charge in [-0.25, -0.2) is 9.18 Å². The summed E-state index contributed by atoms with van der Waals surface area (Å²) in [5, 5.41) is 3.04. The second-order valence-electron chi connectivity index (χ2n) is 11.6. The highest BCUT2D eigenvalue weighted by molar-refractivity contribution is 6.19. The van der Waals surface area contributed by atoms with Crippen molar-refractivity contribution in [3.05, 3.63) is 89.7 Å². The number of halogens is 4. The Morgan fingerprint density at radius 1 is 0.905 bits per heavy atom. The van der Waals surface area contributed by atoms with Crippen LogP contribution in [-0.4, -0.2) is 41.4 Å². The maximum atomic E-state index is 14.3. The summed E-state index contributed by atoms with van der Waals surface area (Å²) in [6.07, 6.45) is 2.20. The fourth-order valence-corrected chi connectivity index (χ4v) is 6.72. The number of rotatable bonds is 5. The summed E-state index contributed by atoms with van der Waals surface area (Å²) < 4.78 is 55.3. The maximum absolute atomic E-state index is 14.3. The average Bonchev–Trinajstić information content (AvgIpc) is 3.24. The first kappa shape index (κ1) is 28.4. The minimum atomic E-state index is -4.44. The van der Waals surface area contributed by atoms with Crippen molar-refractivity contribution >= 4 is 17.6 Å². The molecular weight excluding hydrogens is 544 g/mol. The number of alkyl halides is 3. The molecule has 3 aliphatic rings. The molecule has 1 aliphatic carbocycles. The van der Waals surface area contributed by atoms with E-state index in [-0.39, 0.29) is 17.6 Å². The zero-order valence-electron chi connectivity index (χ0n) is 23.3. The lowest BCUT2D eigenvalue weighted by atomic mass is 9.84. The number of amides is 2. The fourth-order valence-electron chi connectivity index (χ4n) is 6.72. The van der Waals surface area contributed by atoms with E-state index in [1.165, 1.54) is 30.7 Å². The fraction of sp³-hybridized carbons (Fsp3) is 0.394. The molecule has 1 saturated carbocycles. The standard InChI is InChI=1S/C33H34F4N4O/c34-25-10-7-13-27(21-25)41-31(42)39-30(38-26-11-2-1-3-12-26)32(41)16-18-40(19-17-32)22-23-8-6-9-24(20-23)28-14-4-5-15-29(28)33(35,36)37/h4-10,13-15,20-21,26H,1-3,11-12,16-19,22H2,(H,38,39,42). The SMILES string of the molecule is O=C1NC(=NC2CCCCC2)C2(CCN(Cc3cccc(-c4ccccc4C(F)(F)F)c3)CC2)N1c1cccc(F)c1. The van der Waals surface area contributed by atoms with Gasteiger partial charge in [0.15, 0.2) is 0 Å². The van der Waals surface area contributed by atoms with Crippen molar-refractivity contribution in [1.82, 2.24) is 10.2 Å². The van der Waals surface area contributed by atoms with Crippen molar-refractivity contribution in [2.24, 2.45) is 4.99 Å². The number of piperidine rings is 1. The minimum absolute atomic E-state index is 0.161. The molecule has 1 spiro atoms. The smallest absolute Gasteiger partial charge is 0.299 e. The predicted octanol–water partition coefficient (Wildman–Crippen LogP) is 7.81. The normalized spacial score (nSPS) is 20.8. The number of nitrogens with one attached hydrogen (secondary N) is 1. The number of carbonyl (C=O) groups excluding carboxylic acids is 1. The Labute approximate surface area is 243 Å². The van der Waals surface area contributed by atoms with Gasteiger partial charge in [0.05, 0.1) is 11.6 Å². The molecule has 3 fully saturated rings. The molecule has 0 radical (unpaired) electrons. The highest BCUT2D eigenvalue weighted by Crippen LogP contribution is 2.40. The molecule has 2 heterocycles. The van der Waals surface area contributed by atoms with Gasteiger partial charge in [0.25, 0.3) is 0 Å². The third-order valence-electron chi connectivity index (χ3n) is 8.81. The lowest BCUT2D eigenvalue weighted by molar-refractivity contribution is -0.137. The van der Waals surface area contributed by atoms with Crippen LogP contribution in [0, 0.1) is 5.82 Å². The minimum Gasteiger partial charge on any atom is -0.299 e. The van der Waals surface area contributed by atoms with E-state index in [0.29, 0.717) is 49.6 Å². The number of nitrogens with zero attached hydrogens (tertiary/aromatic N) is 3. The first-order valence-corrected chi connectivity index (χ1v) is 14.7. The first-order chi connectivity index (χ1) is 20.2. The van der Waals surface area contributed by atoms with E-state index < -0.39 is 23.1 Å². The third-order valence-corrected chi connectivity index (χ3v) is 8.81. The number of hydrogen-bond acceptors (Lipinski definition) is 3. The summed E-state index contributed by atoms with van der Waals surface area (Å²) in [7, 11) is 0. The number of urea groups is 1. The van der Waals surface area contributed by atoms with E-state index in [1.54, 1.807) is 35.2 Å². The molecule has 0 bridgehead atoms. The molecule has 0 unspecified atom stereocenters. The van der Waals surface area contributed by atoms with E-state index in [2.05, 4.69) is 10.2 Å². The molecule has 6 rings (SSSR count). The predicted molar refractivity (Wildman–Crippen MR) is 156 cm³/mol. The van der Waals surface area contributed by atoms with Crippen molar-refractivity contribution in [3.8, 4) is 11.1 Å². The molecule has 3 aromatic carbocycles. The molecule has 2 saturated heterocycles. The number of benzene rings is 3. The Bertz CT molecular complexity index is 1470. The molecular formula is C33H34F4N4O. The number of amidine groups is 1. The third kappa shape index (κ3) is 5.67. The zero-order valence-corrected chi connectivity index (χ0v) is 23.3. The van der Waals surface area contributed by atoms with Crippen LogP contribution in [0.25, 0.3) is 11.1 Å². The van der Waals surface area contributed by atoms with E-state index in [1.807, 2.05) is 12.1 Å². The Morgan fingerprint density at radius 3 is 2.38 bits per heavy atom. The molecule has 9 heteroatoms. The Kier molecular flexibility index (Phi) is 7.79. The quantitative estimate of drug-likeness (QED) is 0.314. The first-order valence-electron chi connectivity index (χ1n) is 14.7. The summed E-state index contributed by atoms with van der Waals surface area (Å²) in [5.74, 6) is 0.270. The monoisotopic (exact) mass is 578 g/mol. The van der Waals surface area contributed by atoms with Crippen LogP contribution in [0.15, 0.2) is 77.8 Å². The van der Waals surface area contributed by atoms with Crippen LogP contribution in [0.2, 0.25) is 0 Å². The molecule has 5 nitrogen and oxygen atoms in total. The number of carbonyl (C=O) groups is 1. The second-order valence-corrected chi connectivity index (χ2v) is 11.6. The van der Waals surface area contributed by atoms with E-state index in [0.717, 1.165) is 37.3 Å². The highest BCUT2D eigenvalue weighted by Gasteiger charge is 2.53. The molecule has 0 aromatic heterocycles. The van der Waals surface area contributed by atoms with Gasteiger partial charge in [-0.05, 0) is 72.7 Å². The van der Waals surface area contributed by atoms with Crippen LogP contribution < -0.4 is 10.2 Å². The van der Waals surface area contributed by atoms with Crippen molar-refractivity contribution in [3.63, 3.8) is 0 Å². The van der Waals surface area contributed by atoms with Gasteiger partial charge in [-0.15, -0.1) is 0 Å². The average molecular weight is 579 g/mol. The van der Waals surface area contributed by atoms with Crippen LogP contribution in [0.5, 0.6) is 0 Å². The summed E-state index contributed by atoms with van der Waals surface area (Å²) in [6.45, 7) is 1.86. The molecule has 0 atom stereocenters. The molecule has 2 aliphatic heterocycles. The van der Waals surface area contributed by atoms with Gasteiger partial charge >= 0.3 is 12.2 Å². The Balaban J connectivity index is 1.25. The summed E-state index contributed by atoms with van der Waals surface area (Å²) in [4.78, 5) is 22.4. The Hall–Kier alpha value is -3.72. The number of hydrogen-bond donors (Lipinski definition) is 1. The van der Waals surface area contributed by atoms with Crippen LogP contribution in [0.1, 0.15) is 56.1 Å². The molecule has 1 N–H and O–H groups in total. The van der Waals surface area contributed by atoms with Crippen LogP contribution in [-0.2, 0) is 12.7 Å². The van der Waals surface area contributed by atoms with Gasteiger partial charge in [0.2, 0.25) is 0 Å². The van der Waals surface area contributed by atoms with Gasteiger partial charge in [-0.2, -0.15) is 13.2 Å². The van der Waals surface area contributed by atoms with Crippen LogP contribution in [0.4, 0.5) is 28.0 Å². The van der Waals surface area contributed by atoms with E-state index >= 15 is 0 Å². The van der Waals surface area contributed by atoms with Gasteiger partial charge < -0.3 is 0 Å². The lowest BCUT2D eigenvalue weighted by Gasteiger charge is -2.44. The number of likely N-dealkylation sites (tertiary alicyclic amines) is 1. The van der Waals surface area contributed by atoms with Crippen molar-refractivity contribution in [2.45, 2.75) is 69.2 Å². The molecule has 3 aromatic rings. The number of anilines is 1. The second kappa shape index (κ2) is 11.5. The van der Waals surface area contributed by atoms with Gasteiger partial charge in [0, 0.05) is 25.3 Å². The molecule has 2 amide bonds. The Morgan fingerprint density at radius 2 is 1.64 bits per heavy atom. The van der Waals surface area contributed by atoms with E-state index in [9.17, 15) is 22.4 Å². The molecule has 220 valence electrons. The van der Waals surface area contributed by atoms with Gasteiger partial charge in [0.1, 0.15) is 17.2 Å². The van der Waals surface area contributed by atoms with Gasteiger partial charge in [-0.3, -0.25) is 20.1 Å². The summed E-state index contributed by atoms with van der Waals surface area (Å²) in [5.41, 5.74) is 0.757. The maximum Gasteiger partial charge on any atom is 0.417 e.